The smallest absolute Gasteiger partial charge is 0.248 e. The third-order valence-electron chi connectivity index (χ3n) is 18.6. The average molecular weight is 1380 g/mol. The molecular weight excluding hydrogens is 1250 g/mol. The molecule has 1 heterocycles. The van der Waals surface area contributed by atoms with E-state index in [4.69, 9.17) is 0 Å². The van der Waals surface area contributed by atoms with Gasteiger partial charge in [0.15, 0.2) is 0 Å². The van der Waals surface area contributed by atoms with E-state index in [2.05, 4.69) is 20.9 Å². The number of amides is 11. The third kappa shape index (κ3) is 24.8. The largest absolute Gasteiger partial charge is 0.390 e. The monoisotopic (exact) mass is 1380 g/mol. The Kier molecular flexibility index (Phi) is 37.0. The number of aliphatic hydroxyl groups is 2. The van der Waals surface area contributed by atoms with Gasteiger partial charge in [-0.15, -0.1) is 0 Å². The second-order valence-corrected chi connectivity index (χ2v) is 30.4. The van der Waals surface area contributed by atoms with Gasteiger partial charge in [-0.3, -0.25) is 52.7 Å². The molecule has 552 valence electrons. The summed E-state index contributed by atoms with van der Waals surface area (Å²) in [5.41, 5.74) is -1.59. The van der Waals surface area contributed by atoms with Crippen molar-refractivity contribution in [1.82, 2.24) is 60.0 Å². The fourth-order valence-electron chi connectivity index (χ4n) is 12.3. The summed E-state index contributed by atoms with van der Waals surface area (Å²) in [5.74, 6) is -9.54. The summed E-state index contributed by atoms with van der Waals surface area (Å²) in [6, 6.07) is -14.3. The lowest BCUT2D eigenvalue weighted by Gasteiger charge is -2.43. The van der Waals surface area contributed by atoms with Crippen LogP contribution in [-0.2, 0) is 52.7 Å². The Morgan fingerprint density at radius 1 is 0.490 bits per heavy atom. The molecular formula is C70H128N12O13S. The zero-order valence-corrected chi connectivity index (χ0v) is 64.5. The minimum absolute atomic E-state index is 0.00126. The van der Waals surface area contributed by atoms with Crippen molar-refractivity contribution >= 4 is 76.7 Å². The summed E-state index contributed by atoms with van der Waals surface area (Å²) >= 11 is 1.40. The summed E-state index contributed by atoms with van der Waals surface area (Å²) in [6.45, 7) is 35.3. The third-order valence-corrected chi connectivity index (χ3v) is 19.6. The number of likely N-dealkylation sites (N-methyl/N-ethyl adjacent to an activating group) is 8. The molecule has 0 aromatic carbocycles. The topological polar surface area (TPSA) is 293 Å². The fraction of sp³-hybridized carbons (Fsp3) is 0.814. The van der Waals surface area contributed by atoms with Crippen molar-refractivity contribution in [2.24, 2.45) is 35.5 Å². The van der Waals surface area contributed by atoms with Gasteiger partial charge in [-0.1, -0.05) is 109 Å². The molecule has 5 N–H and O–H groups in total. The number of aliphatic hydroxyl groups excluding tert-OH is 1. The van der Waals surface area contributed by atoms with Crippen LogP contribution in [0, 0.1) is 35.5 Å². The van der Waals surface area contributed by atoms with Crippen LogP contribution >= 0.6 is 11.8 Å². The van der Waals surface area contributed by atoms with Crippen LogP contribution < -0.4 is 16.0 Å². The molecule has 1 rings (SSSR count). The Labute approximate surface area is 580 Å². The van der Waals surface area contributed by atoms with E-state index in [1.807, 2.05) is 68.4 Å². The second-order valence-electron chi connectivity index (χ2n) is 29.2. The minimum atomic E-state index is -1.64. The zero-order valence-electron chi connectivity index (χ0n) is 63.6. The van der Waals surface area contributed by atoms with Crippen LogP contribution in [0.4, 0.5) is 0 Å². The molecule has 1 saturated heterocycles. The Morgan fingerprint density at radius 2 is 0.885 bits per heavy atom. The van der Waals surface area contributed by atoms with E-state index in [0.29, 0.717) is 18.7 Å². The predicted octanol–water partition coefficient (Wildman–Crippen LogP) is 4.17. The van der Waals surface area contributed by atoms with E-state index < -0.39 is 161 Å². The summed E-state index contributed by atoms with van der Waals surface area (Å²) in [7, 11) is 11.3. The summed E-state index contributed by atoms with van der Waals surface area (Å²) in [6.07, 6.45) is 2.42. The molecule has 0 radical (unpaired) electrons. The van der Waals surface area contributed by atoms with Gasteiger partial charge < -0.3 is 70.3 Å². The lowest BCUT2D eigenvalue weighted by atomic mass is 9.91. The number of rotatable bonds is 22. The van der Waals surface area contributed by atoms with Gasteiger partial charge in [0.25, 0.3) is 0 Å². The molecule has 1 aliphatic heterocycles. The van der Waals surface area contributed by atoms with Gasteiger partial charge in [-0.05, 0) is 115 Å². The standard InChI is InChI=1S/C70H128N12O13S/c1-28-32-33-46(15)58(83)57-69(94)74(20)49(29-2)63(88)79(25)54(40-96-35-34-82(30-3)31-4)66(91)78(24)53(39-70(18,19)95)61(86)73-55(44(11)12)67(92)75(21)50(36-41(5)6)60(85)71-47(16)59(84)72-48(17)62(87)76(22)51(37-42(7)8)64(89)77(23)52(38-43(9)10)65(90)80(26)56(45(13)14)68(93)81(57)27/h28,32,41-58,83,95H,29-31,33-40H2,1-27H3,(H,71,85)(H,72,84)(H,73,86)/b32-28+/t46-,47+,48-,49+,50+,51+,52+,53+,54+,55+,56+,57+,58-/m1/s1. The average Bonchev–Trinajstić information content (AvgIpc) is 0.805. The van der Waals surface area contributed by atoms with Crippen LogP contribution in [0.5, 0.6) is 0 Å². The van der Waals surface area contributed by atoms with E-state index in [1.165, 1.54) is 125 Å². The van der Waals surface area contributed by atoms with E-state index >= 15 is 33.6 Å². The lowest BCUT2D eigenvalue weighted by Crippen LogP contribution is -2.64. The van der Waals surface area contributed by atoms with Crippen molar-refractivity contribution in [2.45, 2.75) is 248 Å². The maximum absolute atomic E-state index is 15.6. The quantitative estimate of drug-likeness (QED) is 0.0751. The van der Waals surface area contributed by atoms with Gasteiger partial charge in [0, 0.05) is 80.9 Å². The first-order valence-electron chi connectivity index (χ1n) is 34.7. The maximum atomic E-state index is 15.6. The molecule has 11 amide bonds. The highest BCUT2D eigenvalue weighted by atomic mass is 32.2. The summed E-state index contributed by atoms with van der Waals surface area (Å²) in [5, 5.41) is 32.1. The van der Waals surface area contributed by atoms with Crippen molar-refractivity contribution in [3.63, 3.8) is 0 Å². The Bertz CT molecular complexity index is 2610. The fourth-order valence-corrected chi connectivity index (χ4v) is 13.4. The molecule has 26 heteroatoms. The first-order valence-corrected chi connectivity index (χ1v) is 35.8. The second kappa shape index (κ2) is 40.3. The highest BCUT2D eigenvalue weighted by Gasteiger charge is 2.48. The first kappa shape index (κ1) is 88.2. The molecule has 0 aliphatic carbocycles. The van der Waals surface area contributed by atoms with E-state index in [9.17, 15) is 29.4 Å². The van der Waals surface area contributed by atoms with E-state index in [-0.39, 0.29) is 55.6 Å². The van der Waals surface area contributed by atoms with Crippen molar-refractivity contribution in [3.05, 3.63) is 12.2 Å². The summed E-state index contributed by atoms with van der Waals surface area (Å²) < 4.78 is 0. The van der Waals surface area contributed by atoms with Gasteiger partial charge in [-0.25, -0.2) is 0 Å². The van der Waals surface area contributed by atoms with E-state index in [0.717, 1.165) is 22.9 Å². The van der Waals surface area contributed by atoms with Crippen molar-refractivity contribution in [1.29, 1.82) is 0 Å². The molecule has 0 spiro atoms. The number of carbonyl (C=O) groups excluding carboxylic acids is 11. The number of nitrogens with one attached hydrogen (secondary N) is 3. The predicted molar refractivity (Wildman–Crippen MR) is 379 cm³/mol. The number of allylic oxidation sites excluding steroid dienone is 2. The van der Waals surface area contributed by atoms with E-state index in [1.54, 1.807) is 47.6 Å². The Morgan fingerprint density at radius 3 is 1.34 bits per heavy atom. The number of nitrogens with zero attached hydrogens (tertiary/aromatic N) is 9. The van der Waals surface area contributed by atoms with Gasteiger partial charge in [0.2, 0.25) is 65.0 Å². The van der Waals surface area contributed by atoms with Gasteiger partial charge in [-0.2, -0.15) is 11.8 Å². The highest BCUT2D eigenvalue weighted by molar-refractivity contribution is 7.99. The number of thioether (sulfide) groups is 1. The van der Waals surface area contributed by atoms with Gasteiger partial charge in [0.1, 0.15) is 66.5 Å². The zero-order chi connectivity index (χ0) is 74.5. The van der Waals surface area contributed by atoms with Crippen molar-refractivity contribution < 1.29 is 63.0 Å². The Balaban J connectivity index is 4.65. The molecule has 0 aromatic heterocycles. The molecule has 0 unspecified atom stereocenters. The normalized spacial score (nSPS) is 26.3. The van der Waals surface area contributed by atoms with Gasteiger partial charge >= 0.3 is 0 Å². The van der Waals surface area contributed by atoms with Crippen molar-refractivity contribution in [2.75, 3.05) is 87.5 Å². The highest BCUT2D eigenvalue weighted by Crippen LogP contribution is 2.28. The van der Waals surface area contributed by atoms with Crippen LogP contribution in [0.2, 0.25) is 0 Å². The molecule has 96 heavy (non-hydrogen) atoms. The molecule has 1 aliphatic rings. The molecule has 1 fully saturated rings. The molecule has 25 nitrogen and oxygen atoms in total. The molecule has 13 atom stereocenters. The molecule has 0 aromatic rings. The van der Waals surface area contributed by atoms with Crippen LogP contribution in [0.3, 0.4) is 0 Å². The number of carbonyl (C=O) groups is 11. The van der Waals surface area contributed by atoms with Crippen LogP contribution in [0.25, 0.3) is 0 Å². The van der Waals surface area contributed by atoms with Crippen LogP contribution in [0.1, 0.15) is 170 Å². The maximum Gasteiger partial charge on any atom is 0.248 e. The van der Waals surface area contributed by atoms with Crippen LogP contribution in [-0.4, -0.2) is 285 Å². The number of hydrogen-bond acceptors (Lipinski definition) is 15. The minimum Gasteiger partial charge on any atom is -0.390 e. The van der Waals surface area contributed by atoms with Crippen molar-refractivity contribution in [3.8, 4) is 0 Å². The SMILES string of the molecule is C/C=C/C[C@@H](C)[C@@H](O)[C@H]1C(=O)N(C)[C@@H](CC)C(=O)N(C)[C@@H](CSCCN(CC)CC)C(=O)N(C)[C@@H](CC(C)(C)O)C(=O)N[C@@H](C(C)C)C(=O)N(C)[C@@H](CC(C)C)C(=O)N[C@@H](C)C(=O)N[C@H](C)C(=O)N(C)[C@@H](CC(C)C)C(=O)N(C)[C@@H](CC(C)C)C(=O)N(C)[C@@H](C(C)C)C(=O)N1C. The Hall–Kier alpha value is -5.86. The summed E-state index contributed by atoms with van der Waals surface area (Å²) in [4.78, 5) is 177. The lowest BCUT2D eigenvalue weighted by molar-refractivity contribution is -0.161. The molecule has 0 bridgehead atoms. The van der Waals surface area contributed by atoms with Gasteiger partial charge in [0.05, 0.1) is 11.7 Å². The molecule has 0 saturated carbocycles. The van der Waals surface area contributed by atoms with Crippen LogP contribution in [0.15, 0.2) is 12.2 Å². The first-order chi connectivity index (χ1) is 44.3. The number of hydrogen-bond donors (Lipinski definition) is 5.